The summed E-state index contributed by atoms with van der Waals surface area (Å²) in [5.41, 5.74) is 6.42. The topological polar surface area (TPSA) is 68.9 Å². The van der Waals surface area contributed by atoms with Crippen molar-refractivity contribution in [3.63, 3.8) is 0 Å². The van der Waals surface area contributed by atoms with E-state index in [1.54, 1.807) is 6.07 Å². The highest BCUT2D eigenvalue weighted by atomic mass is 79.9. The number of Topliss-reactive ketones (excluding diaryl/α,β-unsaturated/α-hetero) is 1. The van der Waals surface area contributed by atoms with Gasteiger partial charge in [-0.25, -0.2) is 9.97 Å². The van der Waals surface area contributed by atoms with Crippen LogP contribution in [0.5, 0.6) is 0 Å². The number of ketones is 1. The fourth-order valence-corrected chi connectivity index (χ4v) is 1.64. The van der Waals surface area contributed by atoms with Gasteiger partial charge in [0.1, 0.15) is 5.82 Å². The molecule has 76 valence electrons. The highest BCUT2D eigenvalue weighted by molar-refractivity contribution is 9.10. The largest absolute Gasteiger partial charge is 0.383 e. The molecule has 2 rings (SSSR count). The zero-order valence-electron chi connectivity index (χ0n) is 7.99. The Labute approximate surface area is 94.7 Å². The standard InChI is InChI=1S/C10H8BrN3O/c1-5(15)10-13-8-3-2-6(11)4-7(8)9(12)14-10/h2-4H,1H3,(H2,12,13,14). The van der Waals surface area contributed by atoms with E-state index in [2.05, 4.69) is 25.9 Å². The molecular weight excluding hydrogens is 258 g/mol. The van der Waals surface area contributed by atoms with E-state index in [4.69, 9.17) is 5.73 Å². The van der Waals surface area contributed by atoms with Crippen molar-refractivity contribution in [2.24, 2.45) is 0 Å². The fourth-order valence-electron chi connectivity index (χ4n) is 1.28. The third-order valence-corrected chi connectivity index (χ3v) is 2.50. The monoisotopic (exact) mass is 265 g/mol. The molecular formula is C10H8BrN3O. The van der Waals surface area contributed by atoms with Gasteiger partial charge in [0.15, 0.2) is 11.6 Å². The van der Waals surface area contributed by atoms with Crippen LogP contribution in [0.3, 0.4) is 0 Å². The van der Waals surface area contributed by atoms with E-state index in [0.29, 0.717) is 11.3 Å². The lowest BCUT2D eigenvalue weighted by atomic mass is 10.2. The lowest BCUT2D eigenvalue weighted by molar-refractivity contribution is 0.100. The number of hydrogen-bond acceptors (Lipinski definition) is 4. The zero-order valence-corrected chi connectivity index (χ0v) is 9.58. The van der Waals surface area contributed by atoms with Gasteiger partial charge in [-0.15, -0.1) is 0 Å². The minimum Gasteiger partial charge on any atom is -0.383 e. The van der Waals surface area contributed by atoms with Crippen LogP contribution in [0.2, 0.25) is 0 Å². The van der Waals surface area contributed by atoms with Gasteiger partial charge in [-0.3, -0.25) is 4.79 Å². The summed E-state index contributed by atoms with van der Waals surface area (Å²) in [7, 11) is 0. The van der Waals surface area contributed by atoms with Gasteiger partial charge < -0.3 is 5.73 Å². The Morgan fingerprint density at radius 2 is 2.13 bits per heavy atom. The van der Waals surface area contributed by atoms with Gasteiger partial charge in [-0.1, -0.05) is 15.9 Å². The fraction of sp³-hybridized carbons (Fsp3) is 0.100. The van der Waals surface area contributed by atoms with Gasteiger partial charge >= 0.3 is 0 Å². The average Bonchev–Trinajstić information content (AvgIpc) is 2.18. The van der Waals surface area contributed by atoms with Crippen molar-refractivity contribution in [3.8, 4) is 0 Å². The number of benzene rings is 1. The Morgan fingerprint density at radius 1 is 1.40 bits per heavy atom. The van der Waals surface area contributed by atoms with Crippen LogP contribution in [0, 0.1) is 0 Å². The molecule has 1 heterocycles. The summed E-state index contributed by atoms with van der Waals surface area (Å²) >= 11 is 3.34. The number of carbonyl (C=O) groups excluding carboxylic acids is 1. The van der Waals surface area contributed by atoms with E-state index >= 15 is 0 Å². The van der Waals surface area contributed by atoms with Crippen molar-refractivity contribution in [1.29, 1.82) is 0 Å². The first-order valence-electron chi connectivity index (χ1n) is 4.31. The van der Waals surface area contributed by atoms with Crippen LogP contribution in [-0.4, -0.2) is 15.8 Å². The molecule has 0 radical (unpaired) electrons. The van der Waals surface area contributed by atoms with Gasteiger partial charge in [-0.2, -0.15) is 0 Å². The molecule has 5 heteroatoms. The normalized spacial score (nSPS) is 10.5. The number of hydrogen-bond donors (Lipinski definition) is 1. The number of nitrogen functional groups attached to an aromatic ring is 1. The van der Waals surface area contributed by atoms with E-state index in [9.17, 15) is 4.79 Å². The average molecular weight is 266 g/mol. The number of nitrogens with zero attached hydrogens (tertiary/aromatic N) is 2. The molecule has 1 aromatic carbocycles. The highest BCUT2D eigenvalue weighted by Crippen LogP contribution is 2.22. The van der Waals surface area contributed by atoms with Crippen LogP contribution in [0.15, 0.2) is 22.7 Å². The molecule has 0 aliphatic rings. The molecule has 4 nitrogen and oxygen atoms in total. The summed E-state index contributed by atoms with van der Waals surface area (Å²) in [5, 5.41) is 0.745. The van der Waals surface area contributed by atoms with Crippen molar-refractivity contribution < 1.29 is 4.79 Å². The molecule has 0 spiro atoms. The Bertz CT molecular complexity index is 554. The molecule has 0 aliphatic carbocycles. The number of rotatable bonds is 1. The maximum absolute atomic E-state index is 11.1. The van der Waals surface area contributed by atoms with Gasteiger partial charge in [-0.05, 0) is 18.2 Å². The molecule has 0 saturated heterocycles. The lowest BCUT2D eigenvalue weighted by Gasteiger charge is -2.03. The molecule has 0 amide bonds. The third kappa shape index (κ3) is 1.83. The summed E-state index contributed by atoms with van der Waals surface area (Å²) in [4.78, 5) is 19.2. The minimum absolute atomic E-state index is 0.155. The zero-order chi connectivity index (χ0) is 11.0. The minimum atomic E-state index is -0.188. The summed E-state index contributed by atoms with van der Waals surface area (Å²) in [6.45, 7) is 1.42. The summed E-state index contributed by atoms with van der Waals surface area (Å²) < 4.78 is 0.904. The molecule has 0 unspecified atom stereocenters. The van der Waals surface area contributed by atoms with Crippen LogP contribution in [0.1, 0.15) is 17.5 Å². The number of fused-ring (bicyclic) bond motifs is 1. The molecule has 0 bridgehead atoms. The van der Waals surface area contributed by atoms with Crippen molar-refractivity contribution in [3.05, 3.63) is 28.5 Å². The van der Waals surface area contributed by atoms with E-state index in [-0.39, 0.29) is 11.6 Å². The van der Waals surface area contributed by atoms with Gasteiger partial charge in [0.2, 0.25) is 0 Å². The first-order valence-corrected chi connectivity index (χ1v) is 5.11. The molecule has 0 fully saturated rings. The second-order valence-electron chi connectivity index (χ2n) is 3.15. The van der Waals surface area contributed by atoms with Crippen LogP contribution in [0.4, 0.5) is 5.82 Å². The number of aromatic nitrogens is 2. The Morgan fingerprint density at radius 3 is 2.80 bits per heavy atom. The van der Waals surface area contributed by atoms with E-state index in [1.807, 2.05) is 12.1 Å². The third-order valence-electron chi connectivity index (χ3n) is 2.00. The number of anilines is 1. The molecule has 2 aromatic rings. The van der Waals surface area contributed by atoms with Crippen molar-refractivity contribution in [2.45, 2.75) is 6.92 Å². The molecule has 2 N–H and O–H groups in total. The maximum atomic E-state index is 11.1. The van der Waals surface area contributed by atoms with Crippen molar-refractivity contribution in [1.82, 2.24) is 9.97 Å². The Kier molecular flexibility index (Phi) is 2.40. The van der Waals surface area contributed by atoms with Crippen molar-refractivity contribution >= 4 is 38.4 Å². The Balaban J connectivity index is 2.78. The van der Waals surface area contributed by atoms with Crippen LogP contribution in [-0.2, 0) is 0 Å². The lowest BCUT2D eigenvalue weighted by Crippen LogP contribution is -2.04. The summed E-state index contributed by atoms with van der Waals surface area (Å²) in [6.07, 6.45) is 0. The first kappa shape index (κ1) is 10.0. The first-order chi connectivity index (χ1) is 7.08. The maximum Gasteiger partial charge on any atom is 0.198 e. The van der Waals surface area contributed by atoms with Crippen LogP contribution >= 0.6 is 15.9 Å². The van der Waals surface area contributed by atoms with E-state index in [1.165, 1.54) is 6.92 Å². The second-order valence-corrected chi connectivity index (χ2v) is 4.07. The van der Waals surface area contributed by atoms with E-state index in [0.717, 1.165) is 9.86 Å². The predicted octanol–water partition coefficient (Wildman–Crippen LogP) is 2.18. The van der Waals surface area contributed by atoms with Gasteiger partial charge in [0, 0.05) is 16.8 Å². The molecule has 0 atom stereocenters. The predicted molar refractivity (Wildman–Crippen MR) is 61.7 cm³/mol. The quantitative estimate of drug-likeness (QED) is 0.803. The summed E-state index contributed by atoms with van der Waals surface area (Å²) in [5.74, 6) is 0.292. The molecule has 15 heavy (non-hydrogen) atoms. The smallest absolute Gasteiger partial charge is 0.198 e. The molecule has 0 saturated carbocycles. The van der Waals surface area contributed by atoms with Crippen LogP contribution < -0.4 is 5.73 Å². The number of nitrogens with two attached hydrogens (primary N) is 1. The van der Waals surface area contributed by atoms with Crippen molar-refractivity contribution in [2.75, 3.05) is 5.73 Å². The SMILES string of the molecule is CC(=O)c1nc(N)c2cc(Br)ccc2n1. The van der Waals surface area contributed by atoms with E-state index < -0.39 is 0 Å². The molecule has 1 aromatic heterocycles. The van der Waals surface area contributed by atoms with Crippen LogP contribution in [0.25, 0.3) is 10.9 Å². The molecule has 0 aliphatic heterocycles. The Hall–Kier alpha value is -1.49. The second kappa shape index (κ2) is 3.58. The van der Waals surface area contributed by atoms with Gasteiger partial charge in [0.05, 0.1) is 5.52 Å². The highest BCUT2D eigenvalue weighted by Gasteiger charge is 2.08. The number of carbonyl (C=O) groups is 1. The summed E-state index contributed by atoms with van der Waals surface area (Å²) in [6, 6.07) is 5.47. The number of halogens is 1. The van der Waals surface area contributed by atoms with Gasteiger partial charge in [0.25, 0.3) is 0 Å².